The van der Waals surface area contributed by atoms with Crippen molar-refractivity contribution in [1.29, 1.82) is 0 Å². The van der Waals surface area contributed by atoms with Crippen LogP contribution in [0.1, 0.15) is 23.6 Å². The van der Waals surface area contributed by atoms with Gasteiger partial charge in [0.1, 0.15) is 5.69 Å². The summed E-state index contributed by atoms with van der Waals surface area (Å²) in [4.78, 5) is 10.7. The molecule has 0 amide bonds. The summed E-state index contributed by atoms with van der Waals surface area (Å²) in [6.07, 6.45) is 1.95. The highest BCUT2D eigenvalue weighted by atomic mass is 79.9. The molecule has 0 saturated carbocycles. The summed E-state index contributed by atoms with van der Waals surface area (Å²) >= 11 is 3.47. The number of aryl methyl sites for hydroxylation is 1. The molecular formula is C15H13BrN2O2. The Labute approximate surface area is 125 Å². The predicted octanol–water partition coefficient (Wildman–Crippen LogP) is 4.46. The molecule has 5 heteroatoms. The van der Waals surface area contributed by atoms with Crippen LogP contribution in [-0.4, -0.2) is 4.92 Å². The average Bonchev–Trinajstić information content (AvgIpc) is 2.81. The maximum absolute atomic E-state index is 11.0. The molecule has 0 bridgehead atoms. The second-order valence-corrected chi connectivity index (χ2v) is 5.77. The van der Waals surface area contributed by atoms with Gasteiger partial charge >= 0.3 is 0 Å². The third kappa shape index (κ3) is 2.41. The van der Waals surface area contributed by atoms with Crippen LogP contribution in [0.4, 0.5) is 11.4 Å². The molecular weight excluding hydrogens is 320 g/mol. The van der Waals surface area contributed by atoms with Crippen LogP contribution in [0.25, 0.3) is 0 Å². The number of para-hydroxylation sites is 2. The molecule has 0 aliphatic heterocycles. The van der Waals surface area contributed by atoms with Gasteiger partial charge in [0.05, 0.1) is 11.0 Å². The van der Waals surface area contributed by atoms with E-state index in [1.54, 1.807) is 12.1 Å². The summed E-state index contributed by atoms with van der Waals surface area (Å²) in [5.41, 5.74) is 3.23. The number of anilines is 1. The number of halogens is 1. The van der Waals surface area contributed by atoms with Gasteiger partial charge in [-0.2, -0.15) is 0 Å². The van der Waals surface area contributed by atoms with Crippen LogP contribution in [0.5, 0.6) is 0 Å². The summed E-state index contributed by atoms with van der Waals surface area (Å²) in [7, 11) is 0. The van der Waals surface area contributed by atoms with Crippen molar-refractivity contribution in [3.63, 3.8) is 0 Å². The fraction of sp³-hybridized carbons (Fsp3) is 0.200. The van der Waals surface area contributed by atoms with E-state index in [2.05, 4.69) is 33.4 Å². The molecule has 2 aromatic rings. The molecule has 0 fully saturated rings. The Bertz CT molecular complexity index is 673. The highest BCUT2D eigenvalue weighted by Crippen LogP contribution is 2.37. The predicted molar refractivity (Wildman–Crippen MR) is 81.9 cm³/mol. The number of hydrogen-bond acceptors (Lipinski definition) is 3. The Balaban J connectivity index is 1.90. The van der Waals surface area contributed by atoms with E-state index in [0.717, 1.165) is 17.3 Å². The van der Waals surface area contributed by atoms with Gasteiger partial charge in [-0.3, -0.25) is 10.1 Å². The lowest BCUT2D eigenvalue weighted by molar-refractivity contribution is -0.384. The third-order valence-corrected chi connectivity index (χ3v) is 4.11. The molecule has 1 N–H and O–H groups in total. The molecule has 4 nitrogen and oxygen atoms in total. The van der Waals surface area contributed by atoms with Crippen LogP contribution < -0.4 is 5.32 Å². The van der Waals surface area contributed by atoms with Gasteiger partial charge in [-0.1, -0.05) is 34.1 Å². The van der Waals surface area contributed by atoms with Crippen molar-refractivity contribution in [2.75, 3.05) is 5.32 Å². The van der Waals surface area contributed by atoms with Crippen molar-refractivity contribution >= 4 is 27.3 Å². The lowest BCUT2D eigenvalue weighted by Gasteiger charge is -2.15. The zero-order valence-corrected chi connectivity index (χ0v) is 12.3. The Kier molecular flexibility index (Phi) is 3.44. The van der Waals surface area contributed by atoms with Crippen molar-refractivity contribution in [3.05, 3.63) is 68.2 Å². The average molecular weight is 333 g/mol. The molecule has 20 heavy (non-hydrogen) atoms. The molecule has 0 heterocycles. The second-order valence-electron chi connectivity index (χ2n) is 4.85. The minimum atomic E-state index is -0.347. The number of benzene rings is 2. The van der Waals surface area contributed by atoms with E-state index >= 15 is 0 Å². The van der Waals surface area contributed by atoms with Crippen molar-refractivity contribution < 1.29 is 4.92 Å². The third-order valence-electron chi connectivity index (χ3n) is 3.61. The maximum Gasteiger partial charge on any atom is 0.292 e. The van der Waals surface area contributed by atoms with Gasteiger partial charge < -0.3 is 5.32 Å². The molecule has 1 unspecified atom stereocenters. The quantitative estimate of drug-likeness (QED) is 0.667. The van der Waals surface area contributed by atoms with Gasteiger partial charge in [0.15, 0.2) is 0 Å². The number of rotatable bonds is 3. The van der Waals surface area contributed by atoms with Crippen LogP contribution in [0.15, 0.2) is 46.9 Å². The number of nitrogens with zero attached hydrogens (tertiary/aromatic N) is 1. The molecule has 2 aromatic carbocycles. The maximum atomic E-state index is 11.0. The van der Waals surface area contributed by atoms with Crippen LogP contribution in [0.3, 0.4) is 0 Å². The molecule has 3 rings (SSSR count). The first-order valence-corrected chi connectivity index (χ1v) is 7.23. The summed E-state index contributed by atoms with van der Waals surface area (Å²) < 4.78 is 1.07. The number of nitro groups is 1. The van der Waals surface area contributed by atoms with Crippen molar-refractivity contribution in [2.45, 2.75) is 18.9 Å². The van der Waals surface area contributed by atoms with Crippen LogP contribution in [0, 0.1) is 10.1 Å². The Hall–Kier alpha value is -1.88. The minimum Gasteiger partial charge on any atom is -0.373 e. The first-order valence-electron chi connectivity index (χ1n) is 6.43. The van der Waals surface area contributed by atoms with E-state index in [1.165, 1.54) is 17.2 Å². The largest absolute Gasteiger partial charge is 0.373 e. The zero-order chi connectivity index (χ0) is 14.1. The van der Waals surface area contributed by atoms with Crippen molar-refractivity contribution in [3.8, 4) is 0 Å². The molecule has 0 saturated heterocycles. The topological polar surface area (TPSA) is 55.2 Å². The summed E-state index contributed by atoms with van der Waals surface area (Å²) in [6, 6.07) is 13.1. The number of fused-ring (bicyclic) bond motifs is 1. The number of nitrogens with one attached hydrogen (secondary N) is 1. The van der Waals surface area contributed by atoms with Gasteiger partial charge in [0.2, 0.25) is 0 Å². The highest BCUT2D eigenvalue weighted by Gasteiger charge is 2.24. The number of hydrogen-bond donors (Lipinski definition) is 1. The molecule has 1 aliphatic carbocycles. The lowest BCUT2D eigenvalue weighted by Crippen LogP contribution is -2.08. The van der Waals surface area contributed by atoms with Gasteiger partial charge in [-0.15, -0.1) is 0 Å². The molecule has 0 spiro atoms. The SMILES string of the molecule is O=[N+]([O-])c1ccccc1NC1CCc2cc(Br)ccc21. The Morgan fingerprint density at radius 2 is 2.05 bits per heavy atom. The second kappa shape index (κ2) is 5.25. The summed E-state index contributed by atoms with van der Waals surface area (Å²) in [5.74, 6) is 0. The highest BCUT2D eigenvalue weighted by molar-refractivity contribution is 9.10. The normalized spacial score (nSPS) is 16.8. The van der Waals surface area contributed by atoms with E-state index in [1.807, 2.05) is 12.1 Å². The van der Waals surface area contributed by atoms with Gasteiger partial charge in [-0.05, 0) is 42.2 Å². The zero-order valence-electron chi connectivity index (χ0n) is 10.7. The Morgan fingerprint density at radius 1 is 1.25 bits per heavy atom. The number of nitro benzene ring substituents is 1. The molecule has 1 atom stereocenters. The smallest absolute Gasteiger partial charge is 0.292 e. The molecule has 102 valence electrons. The fourth-order valence-electron chi connectivity index (χ4n) is 2.68. The van der Waals surface area contributed by atoms with Crippen molar-refractivity contribution in [2.24, 2.45) is 0 Å². The van der Waals surface area contributed by atoms with E-state index in [4.69, 9.17) is 0 Å². The van der Waals surface area contributed by atoms with E-state index in [0.29, 0.717) is 5.69 Å². The van der Waals surface area contributed by atoms with Gasteiger partial charge in [0, 0.05) is 10.5 Å². The first kappa shape index (κ1) is 13.1. The fourth-order valence-corrected chi connectivity index (χ4v) is 3.09. The van der Waals surface area contributed by atoms with Gasteiger partial charge in [0.25, 0.3) is 5.69 Å². The van der Waals surface area contributed by atoms with E-state index in [-0.39, 0.29) is 16.7 Å². The molecule has 0 radical (unpaired) electrons. The van der Waals surface area contributed by atoms with Gasteiger partial charge in [-0.25, -0.2) is 0 Å². The van der Waals surface area contributed by atoms with Crippen LogP contribution >= 0.6 is 15.9 Å². The molecule has 1 aliphatic rings. The van der Waals surface area contributed by atoms with Crippen LogP contribution in [-0.2, 0) is 6.42 Å². The molecule has 0 aromatic heterocycles. The summed E-state index contributed by atoms with van der Waals surface area (Å²) in [5, 5.41) is 14.4. The summed E-state index contributed by atoms with van der Waals surface area (Å²) in [6.45, 7) is 0. The van der Waals surface area contributed by atoms with E-state index < -0.39 is 0 Å². The standard InChI is InChI=1S/C15H13BrN2O2/c16-11-6-7-12-10(9-11)5-8-13(12)17-14-3-1-2-4-15(14)18(19)20/h1-4,6-7,9,13,17H,5,8H2. The van der Waals surface area contributed by atoms with E-state index in [9.17, 15) is 10.1 Å². The van der Waals surface area contributed by atoms with Crippen molar-refractivity contribution in [1.82, 2.24) is 0 Å². The Morgan fingerprint density at radius 3 is 2.85 bits per heavy atom. The minimum absolute atomic E-state index is 0.123. The monoisotopic (exact) mass is 332 g/mol. The first-order chi connectivity index (χ1) is 9.65. The van der Waals surface area contributed by atoms with Crippen LogP contribution in [0.2, 0.25) is 0 Å². The lowest BCUT2D eigenvalue weighted by atomic mass is 10.1.